The molecular weight excluding hydrogens is 162 g/mol. The average Bonchev–Trinajstić information content (AvgIpc) is 2.17. The Morgan fingerprint density at radius 2 is 2.31 bits per heavy atom. The highest BCUT2D eigenvalue weighted by Crippen LogP contribution is 2.30. The second-order valence-electron chi connectivity index (χ2n) is 3.46. The molecule has 0 saturated carbocycles. The molecule has 0 bridgehead atoms. The summed E-state index contributed by atoms with van der Waals surface area (Å²) in [6, 6.07) is 6.70. The van der Waals surface area contributed by atoms with Crippen molar-refractivity contribution in [2.45, 2.75) is 19.4 Å². The van der Waals surface area contributed by atoms with Crippen LogP contribution in [-0.4, -0.2) is 13.7 Å². The van der Waals surface area contributed by atoms with E-state index in [0.29, 0.717) is 6.04 Å². The number of hydrogen-bond donors (Lipinski definition) is 1. The normalized spacial score (nSPS) is 20.9. The van der Waals surface area contributed by atoms with Gasteiger partial charge in [-0.3, -0.25) is 0 Å². The Kier molecular flexibility index (Phi) is 2.23. The third kappa shape index (κ3) is 1.42. The molecule has 1 atom stereocenters. The lowest BCUT2D eigenvalue weighted by Gasteiger charge is -2.25. The molecular formula is C11H15NO. The standard InChI is InChI=1S/C11H15NO/c1-8-11-9(6-7-12-8)4-3-5-10(11)13-2/h3-5,8,12H,6-7H2,1-2H3. The van der Waals surface area contributed by atoms with E-state index in [-0.39, 0.29) is 0 Å². The van der Waals surface area contributed by atoms with E-state index in [1.54, 1.807) is 7.11 Å². The maximum atomic E-state index is 5.34. The molecule has 0 saturated heterocycles. The second kappa shape index (κ2) is 3.38. The highest BCUT2D eigenvalue weighted by molar-refractivity contribution is 5.43. The first-order valence-corrected chi connectivity index (χ1v) is 4.72. The van der Waals surface area contributed by atoms with Crippen LogP contribution in [0.15, 0.2) is 18.2 Å². The minimum atomic E-state index is 0.417. The molecule has 0 amide bonds. The van der Waals surface area contributed by atoms with E-state index in [0.717, 1.165) is 18.7 Å². The Balaban J connectivity index is 2.50. The molecule has 0 spiro atoms. The summed E-state index contributed by atoms with van der Waals surface area (Å²) in [6.45, 7) is 3.25. The molecule has 0 fully saturated rings. The van der Waals surface area contributed by atoms with E-state index in [1.165, 1.54) is 11.1 Å². The van der Waals surface area contributed by atoms with Gasteiger partial charge in [-0.2, -0.15) is 0 Å². The van der Waals surface area contributed by atoms with Gasteiger partial charge in [-0.05, 0) is 31.5 Å². The minimum Gasteiger partial charge on any atom is -0.496 e. The number of benzene rings is 1. The van der Waals surface area contributed by atoms with Gasteiger partial charge < -0.3 is 10.1 Å². The first-order chi connectivity index (χ1) is 6.33. The first-order valence-electron chi connectivity index (χ1n) is 4.72. The van der Waals surface area contributed by atoms with Crippen LogP contribution in [0.2, 0.25) is 0 Å². The van der Waals surface area contributed by atoms with Crippen molar-refractivity contribution < 1.29 is 4.74 Å². The Morgan fingerprint density at radius 3 is 3.08 bits per heavy atom. The van der Waals surface area contributed by atoms with Gasteiger partial charge in [0.25, 0.3) is 0 Å². The topological polar surface area (TPSA) is 21.3 Å². The quantitative estimate of drug-likeness (QED) is 0.707. The lowest BCUT2D eigenvalue weighted by atomic mass is 9.94. The first kappa shape index (κ1) is 8.57. The molecule has 2 nitrogen and oxygen atoms in total. The number of methoxy groups -OCH3 is 1. The Bertz CT molecular complexity index is 295. The van der Waals surface area contributed by atoms with Crippen LogP contribution in [0, 0.1) is 0 Å². The van der Waals surface area contributed by atoms with Crippen molar-refractivity contribution in [1.82, 2.24) is 5.32 Å². The Hall–Kier alpha value is -1.02. The van der Waals surface area contributed by atoms with Crippen molar-refractivity contribution in [3.05, 3.63) is 29.3 Å². The molecule has 2 rings (SSSR count). The van der Waals surface area contributed by atoms with Gasteiger partial charge in [-0.1, -0.05) is 12.1 Å². The monoisotopic (exact) mass is 177 g/mol. The zero-order valence-electron chi connectivity index (χ0n) is 8.13. The summed E-state index contributed by atoms with van der Waals surface area (Å²) < 4.78 is 5.34. The van der Waals surface area contributed by atoms with Crippen molar-refractivity contribution >= 4 is 0 Å². The molecule has 1 N–H and O–H groups in total. The summed E-state index contributed by atoms with van der Waals surface area (Å²) in [6.07, 6.45) is 1.11. The number of ether oxygens (including phenoxy) is 1. The van der Waals surface area contributed by atoms with Crippen LogP contribution in [-0.2, 0) is 6.42 Å². The average molecular weight is 177 g/mol. The van der Waals surface area contributed by atoms with Gasteiger partial charge in [0.15, 0.2) is 0 Å². The van der Waals surface area contributed by atoms with Gasteiger partial charge >= 0.3 is 0 Å². The van der Waals surface area contributed by atoms with Gasteiger partial charge in [-0.25, -0.2) is 0 Å². The van der Waals surface area contributed by atoms with Gasteiger partial charge in [0.05, 0.1) is 7.11 Å². The van der Waals surface area contributed by atoms with Gasteiger partial charge in [0.2, 0.25) is 0 Å². The van der Waals surface area contributed by atoms with Crippen LogP contribution < -0.4 is 10.1 Å². The fraction of sp³-hybridized carbons (Fsp3) is 0.455. The van der Waals surface area contributed by atoms with Crippen molar-refractivity contribution in [3.63, 3.8) is 0 Å². The fourth-order valence-corrected chi connectivity index (χ4v) is 2.00. The molecule has 0 aromatic heterocycles. The largest absolute Gasteiger partial charge is 0.496 e. The molecule has 1 aliphatic rings. The van der Waals surface area contributed by atoms with Crippen LogP contribution >= 0.6 is 0 Å². The number of hydrogen-bond acceptors (Lipinski definition) is 2. The Labute approximate surface area is 78.9 Å². The molecule has 1 aromatic rings. The van der Waals surface area contributed by atoms with Crippen LogP contribution in [0.1, 0.15) is 24.1 Å². The maximum absolute atomic E-state index is 5.34. The van der Waals surface area contributed by atoms with Crippen LogP contribution in [0.4, 0.5) is 0 Å². The molecule has 0 aliphatic carbocycles. The third-order valence-electron chi connectivity index (χ3n) is 2.65. The highest BCUT2D eigenvalue weighted by atomic mass is 16.5. The minimum absolute atomic E-state index is 0.417. The summed E-state index contributed by atoms with van der Waals surface area (Å²) in [7, 11) is 1.73. The van der Waals surface area contributed by atoms with Gasteiger partial charge in [0.1, 0.15) is 5.75 Å². The molecule has 70 valence electrons. The van der Waals surface area contributed by atoms with E-state index in [9.17, 15) is 0 Å². The molecule has 0 radical (unpaired) electrons. The number of fused-ring (bicyclic) bond motifs is 1. The summed E-state index contributed by atoms with van der Waals surface area (Å²) in [4.78, 5) is 0. The third-order valence-corrected chi connectivity index (χ3v) is 2.65. The van der Waals surface area contributed by atoms with E-state index >= 15 is 0 Å². The summed E-state index contributed by atoms with van der Waals surface area (Å²) in [5.74, 6) is 1.01. The Morgan fingerprint density at radius 1 is 1.46 bits per heavy atom. The number of rotatable bonds is 1. The highest BCUT2D eigenvalue weighted by Gasteiger charge is 2.18. The van der Waals surface area contributed by atoms with Crippen molar-refractivity contribution in [2.24, 2.45) is 0 Å². The zero-order chi connectivity index (χ0) is 9.26. The predicted octanol–water partition coefficient (Wildman–Crippen LogP) is 1.90. The molecule has 1 aromatic carbocycles. The predicted molar refractivity (Wildman–Crippen MR) is 53.1 cm³/mol. The zero-order valence-corrected chi connectivity index (χ0v) is 8.13. The van der Waals surface area contributed by atoms with Crippen LogP contribution in [0.3, 0.4) is 0 Å². The van der Waals surface area contributed by atoms with Crippen molar-refractivity contribution in [2.75, 3.05) is 13.7 Å². The molecule has 1 aliphatic heterocycles. The number of nitrogens with one attached hydrogen (secondary N) is 1. The smallest absolute Gasteiger partial charge is 0.123 e. The fourth-order valence-electron chi connectivity index (χ4n) is 2.00. The van der Waals surface area contributed by atoms with Gasteiger partial charge in [-0.15, -0.1) is 0 Å². The van der Waals surface area contributed by atoms with Crippen molar-refractivity contribution in [1.29, 1.82) is 0 Å². The molecule has 2 heteroatoms. The maximum Gasteiger partial charge on any atom is 0.123 e. The molecule has 1 heterocycles. The lowest BCUT2D eigenvalue weighted by Crippen LogP contribution is -2.28. The SMILES string of the molecule is COc1cccc2c1C(C)NCC2. The summed E-state index contributed by atoms with van der Waals surface area (Å²) >= 11 is 0. The summed E-state index contributed by atoms with van der Waals surface area (Å²) in [5, 5.41) is 3.43. The van der Waals surface area contributed by atoms with Crippen molar-refractivity contribution in [3.8, 4) is 5.75 Å². The molecule has 1 unspecified atom stereocenters. The summed E-state index contributed by atoms with van der Waals surface area (Å²) in [5.41, 5.74) is 2.75. The van der Waals surface area contributed by atoms with E-state index in [1.807, 2.05) is 6.07 Å². The van der Waals surface area contributed by atoms with Gasteiger partial charge in [0, 0.05) is 11.6 Å². The lowest BCUT2D eigenvalue weighted by molar-refractivity contribution is 0.396. The van der Waals surface area contributed by atoms with Crippen LogP contribution in [0.25, 0.3) is 0 Å². The van der Waals surface area contributed by atoms with E-state index in [4.69, 9.17) is 4.74 Å². The second-order valence-corrected chi connectivity index (χ2v) is 3.46. The molecule has 13 heavy (non-hydrogen) atoms. The van der Waals surface area contributed by atoms with Crippen LogP contribution in [0.5, 0.6) is 5.75 Å². The van der Waals surface area contributed by atoms with E-state index < -0.39 is 0 Å². The van der Waals surface area contributed by atoms with E-state index in [2.05, 4.69) is 24.4 Å².